The highest BCUT2D eigenvalue weighted by Crippen LogP contribution is 2.28. The van der Waals surface area contributed by atoms with Gasteiger partial charge in [0.05, 0.1) is 12.8 Å². The summed E-state index contributed by atoms with van der Waals surface area (Å²) in [5.74, 6) is -1.81. The number of nitrogens with zero attached hydrogens (tertiary/aromatic N) is 1. The van der Waals surface area contributed by atoms with Gasteiger partial charge < -0.3 is 30.7 Å². The maximum Gasteiger partial charge on any atom is 0.328 e. The predicted molar refractivity (Wildman–Crippen MR) is 136 cm³/mol. The molecule has 2 aromatic carbocycles. The van der Waals surface area contributed by atoms with Crippen LogP contribution >= 0.6 is 0 Å². The largest absolute Gasteiger partial charge is 0.505 e. The van der Waals surface area contributed by atoms with E-state index < -0.39 is 24.0 Å². The lowest BCUT2D eigenvalue weighted by Gasteiger charge is -2.16. The number of H-pyrrole nitrogens is 1. The molecule has 0 fully saturated rings. The van der Waals surface area contributed by atoms with Crippen LogP contribution < -0.4 is 11.1 Å². The average molecular weight is 506 g/mol. The van der Waals surface area contributed by atoms with E-state index in [2.05, 4.69) is 15.5 Å². The SMILES string of the molecule is COC(=O)C(CCC(=O)CC1CC(c2ccc(C(=N)N)cc2)=NO1)NC(=O)c1[nH]c2ccccc2c1O. The number of carbonyl (C=O) groups excluding carboxylic acids is 3. The molecular weight excluding hydrogens is 478 g/mol. The van der Waals surface area contributed by atoms with Crippen LogP contribution in [0.5, 0.6) is 5.75 Å². The lowest BCUT2D eigenvalue weighted by molar-refractivity contribution is -0.143. The molecule has 0 saturated carbocycles. The predicted octanol–water partition coefficient (Wildman–Crippen LogP) is 2.36. The van der Waals surface area contributed by atoms with E-state index in [1.807, 2.05) is 0 Å². The van der Waals surface area contributed by atoms with Crippen molar-refractivity contribution in [2.24, 2.45) is 10.9 Å². The number of esters is 1. The van der Waals surface area contributed by atoms with Gasteiger partial charge in [0.2, 0.25) is 0 Å². The molecule has 192 valence electrons. The fourth-order valence-electron chi connectivity index (χ4n) is 4.12. The molecule has 2 atom stereocenters. The van der Waals surface area contributed by atoms with Crippen molar-refractivity contribution in [3.8, 4) is 5.75 Å². The van der Waals surface area contributed by atoms with E-state index in [9.17, 15) is 19.5 Å². The summed E-state index contributed by atoms with van der Waals surface area (Å²) < 4.78 is 4.79. The lowest BCUT2D eigenvalue weighted by atomic mass is 9.99. The van der Waals surface area contributed by atoms with Crippen molar-refractivity contribution in [2.75, 3.05) is 7.11 Å². The second-order valence-corrected chi connectivity index (χ2v) is 8.69. The lowest BCUT2D eigenvalue weighted by Crippen LogP contribution is -2.42. The van der Waals surface area contributed by atoms with E-state index in [1.54, 1.807) is 48.5 Å². The summed E-state index contributed by atoms with van der Waals surface area (Å²) >= 11 is 0. The summed E-state index contributed by atoms with van der Waals surface area (Å²) in [4.78, 5) is 45.9. The number of fused-ring (bicyclic) bond motifs is 1. The van der Waals surface area contributed by atoms with Crippen LogP contribution in [0.15, 0.2) is 53.7 Å². The number of hydrogen-bond acceptors (Lipinski definition) is 8. The Bertz CT molecular complexity index is 1380. The van der Waals surface area contributed by atoms with Crippen molar-refractivity contribution in [1.29, 1.82) is 5.41 Å². The molecule has 4 rings (SSSR count). The van der Waals surface area contributed by atoms with Crippen LogP contribution in [0, 0.1) is 5.41 Å². The van der Waals surface area contributed by atoms with Crippen LogP contribution in [0.3, 0.4) is 0 Å². The van der Waals surface area contributed by atoms with Crippen molar-refractivity contribution in [3.05, 3.63) is 65.4 Å². The third-order valence-corrected chi connectivity index (χ3v) is 6.13. The van der Waals surface area contributed by atoms with Gasteiger partial charge in [-0.2, -0.15) is 0 Å². The zero-order valence-electron chi connectivity index (χ0n) is 20.1. The van der Waals surface area contributed by atoms with Crippen molar-refractivity contribution >= 4 is 40.1 Å². The monoisotopic (exact) mass is 505 g/mol. The Morgan fingerprint density at radius 3 is 2.65 bits per heavy atom. The number of rotatable bonds is 10. The summed E-state index contributed by atoms with van der Waals surface area (Å²) in [7, 11) is 1.19. The zero-order valence-corrected chi connectivity index (χ0v) is 20.1. The van der Waals surface area contributed by atoms with Crippen LogP contribution in [0.2, 0.25) is 0 Å². The standard InChI is InChI=1S/C26H27N5O6/c1-36-26(35)20(30-25(34)22-23(33)18-4-2-3-5-19(18)29-22)11-10-16(32)12-17-13-21(31-37-17)14-6-8-15(9-7-14)24(27)28/h2-9,17,20,29,33H,10-13H2,1H3,(H3,27,28)(H,30,34). The first-order chi connectivity index (χ1) is 17.8. The number of nitrogens with two attached hydrogens (primary N) is 1. The number of ketones is 1. The molecule has 6 N–H and O–H groups in total. The van der Waals surface area contributed by atoms with Gasteiger partial charge >= 0.3 is 5.97 Å². The number of aromatic nitrogens is 1. The number of nitrogen functional groups attached to an aromatic ring is 1. The van der Waals surface area contributed by atoms with Gasteiger partial charge in [0.25, 0.3) is 5.91 Å². The van der Waals surface area contributed by atoms with Gasteiger partial charge in [-0.3, -0.25) is 15.0 Å². The maximum absolute atomic E-state index is 12.8. The summed E-state index contributed by atoms with van der Waals surface area (Å²) in [6.45, 7) is 0. The Balaban J connectivity index is 1.31. The van der Waals surface area contributed by atoms with E-state index in [0.717, 1.165) is 5.56 Å². The highest BCUT2D eigenvalue weighted by molar-refractivity contribution is 6.04. The molecule has 0 bridgehead atoms. The summed E-state index contributed by atoms with van der Waals surface area (Å²) in [5.41, 5.74) is 8.07. The van der Waals surface area contributed by atoms with Crippen molar-refractivity contribution < 1.29 is 29.1 Å². The highest BCUT2D eigenvalue weighted by atomic mass is 16.6. The molecule has 1 aromatic heterocycles. The van der Waals surface area contributed by atoms with Gasteiger partial charge in [-0.15, -0.1) is 0 Å². The van der Waals surface area contributed by atoms with Gasteiger partial charge in [0, 0.05) is 35.7 Å². The third kappa shape index (κ3) is 5.77. The number of oxime groups is 1. The number of amides is 1. The van der Waals surface area contributed by atoms with Crippen molar-refractivity contribution in [3.63, 3.8) is 0 Å². The van der Waals surface area contributed by atoms with Crippen LogP contribution in [0.1, 0.15) is 47.3 Å². The van der Waals surface area contributed by atoms with Crippen molar-refractivity contribution in [1.82, 2.24) is 10.3 Å². The highest BCUT2D eigenvalue weighted by Gasteiger charge is 2.28. The minimum absolute atomic E-state index is 0.00122. The molecule has 11 heteroatoms. The minimum Gasteiger partial charge on any atom is -0.505 e. The summed E-state index contributed by atoms with van der Waals surface area (Å²) in [5, 5.41) is 24.9. The molecule has 3 aromatic rings. The number of hydrogen-bond donors (Lipinski definition) is 5. The van der Waals surface area contributed by atoms with E-state index >= 15 is 0 Å². The van der Waals surface area contributed by atoms with E-state index in [1.165, 1.54) is 7.11 Å². The van der Waals surface area contributed by atoms with Gasteiger partial charge in [-0.25, -0.2) is 4.79 Å². The van der Waals surface area contributed by atoms with E-state index in [-0.39, 0.29) is 42.3 Å². The molecule has 0 saturated heterocycles. The van der Waals surface area contributed by atoms with E-state index in [4.69, 9.17) is 20.7 Å². The topological polar surface area (TPSA) is 180 Å². The van der Waals surface area contributed by atoms with Gasteiger partial charge in [-0.05, 0) is 24.1 Å². The molecule has 37 heavy (non-hydrogen) atoms. The number of Topliss-reactive ketones (excluding diaryl/α,β-unsaturated/α-hetero) is 1. The van der Waals surface area contributed by atoms with Gasteiger partial charge in [0.15, 0.2) is 5.75 Å². The first-order valence-corrected chi connectivity index (χ1v) is 11.6. The Kier molecular flexibility index (Phi) is 7.52. The third-order valence-electron chi connectivity index (χ3n) is 6.13. The number of para-hydroxylation sites is 1. The van der Waals surface area contributed by atoms with Gasteiger partial charge in [-0.1, -0.05) is 41.6 Å². The molecule has 0 spiro atoms. The Labute approximate surface area is 212 Å². The molecular formula is C26H27N5O6. The Morgan fingerprint density at radius 2 is 1.97 bits per heavy atom. The van der Waals surface area contributed by atoms with Crippen LogP contribution in [0.4, 0.5) is 0 Å². The smallest absolute Gasteiger partial charge is 0.328 e. The molecule has 0 aliphatic carbocycles. The summed E-state index contributed by atoms with van der Waals surface area (Å²) in [6.07, 6.45) is 0.0989. The van der Waals surface area contributed by atoms with Crippen LogP contribution in [-0.2, 0) is 19.2 Å². The van der Waals surface area contributed by atoms with Gasteiger partial charge in [0.1, 0.15) is 29.5 Å². The first kappa shape index (κ1) is 25.4. The fraction of sp³-hybridized carbons (Fsp3) is 0.269. The number of benzene rings is 2. The summed E-state index contributed by atoms with van der Waals surface area (Å²) in [6, 6.07) is 12.8. The first-order valence-electron chi connectivity index (χ1n) is 11.6. The second-order valence-electron chi connectivity index (χ2n) is 8.69. The zero-order chi connectivity index (χ0) is 26.5. The number of amidine groups is 1. The molecule has 1 aliphatic rings. The Hall–Kier alpha value is -4.67. The number of methoxy groups -OCH3 is 1. The second kappa shape index (κ2) is 10.9. The van der Waals surface area contributed by atoms with Crippen LogP contribution in [0.25, 0.3) is 10.9 Å². The van der Waals surface area contributed by atoms with E-state index in [0.29, 0.717) is 28.6 Å². The normalized spacial score (nSPS) is 15.5. The molecule has 2 unspecified atom stereocenters. The minimum atomic E-state index is -1.08. The maximum atomic E-state index is 12.8. The van der Waals surface area contributed by atoms with Crippen LogP contribution in [-0.4, -0.2) is 58.6 Å². The molecule has 1 amide bonds. The number of ether oxygens (including phenoxy) is 1. The number of carbonyl (C=O) groups is 3. The molecule has 0 radical (unpaired) electrons. The number of aromatic hydroxyl groups is 1. The molecule has 2 heterocycles. The molecule has 11 nitrogen and oxygen atoms in total. The molecule has 1 aliphatic heterocycles. The quantitative estimate of drug-likeness (QED) is 0.159. The fourth-order valence-corrected chi connectivity index (χ4v) is 4.12. The number of nitrogens with one attached hydrogen (secondary N) is 3. The number of aromatic amines is 1. The average Bonchev–Trinajstić information content (AvgIpc) is 3.50. The van der Waals surface area contributed by atoms with Crippen molar-refractivity contribution in [2.45, 2.75) is 37.8 Å². The Morgan fingerprint density at radius 1 is 1.24 bits per heavy atom.